The Morgan fingerprint density at radius 3 is 2.75 bits per heavy atom. The largest absolute Gasteiger partial charge is 0.382 e. The maximum atomic E-state index is 10.4. The second-order valence-corrected chi connectivity index (χ2v) is 6.34. The number of allylic oxidation sites excluding steroid dienone is 2. The number of carbonyl (C=O) groups is 1. The number of aromatic nitrogens is 2. The Balaban J connectivity index is 2.01. The summed E-state index contributed by atoms with van der Waals surface area (Å²) in [6.45, 7) is 6.10. The SMILES string of the molecule is C=c1sc2c(N)ncnc2c1=CC=C(C)c1ccc(NC=O)cc1. The first kappa shape index (κ1) is 15.9. The summed E-state index contributed by atoms with van der Waals surface area (Å²) in [7, 11) is 0. The molecule has 24 heavy (non-hydrogen) atoms. The minimum absolute atomic E-state index is 0.480. The molecule has 0 aliphatic carbocycles. The molecule has 0 fully saturated rings. The number of amides is 1. The number of rotatable bonds is 4. The molecule has 0 spiro atoms. The monoisotopic (exact) mass is 336 g/mol. The van der Waals surface area contributed by atoms with Crippen molar-refractivity contribution in [2.75, 3.05) is 11.1 Å². The normalized spacial score (nSPS) is 12.5. The Kier molecular flexibility index (Phi) is 4.39. The van der Waals surface area contributed by atoms with Gasteiger partial charge in [0, 0.05) is 15.4 Å². The molecule has 1 aromatic carbocycles. The van der Waals surface area contributed by atoms with Crippen molar-refractivity contribution in [2.24, 2.45) is 0 Å². The smallest absolute Gasteiger partial charge is 0.211 e. The maximum Gasteiger partial charge on any atom is 0.211 e. The van der Waals surface area contributed by atoms with Crippen LogP contribution in [0.5, 0.6) is 0 Å². The zero-order valence-corrected chi connectivity index (χ0v) is 13.9. The van der Waals surface area contributed by atoms with Gasteiger partial charge < -0.3 is 11.1 Å². The van der Waals surface area contributed by atoms with Gasteiger partial charge in [0.05, 0.1) is 10.2 Å². The lowest BCUT2D eigenvalue weighted by atomic mass is 10.1. The van der Waals surface area contributed by atoms with Crippen LogP contribution in [0.2, 0.25) is 0 Å². The van der Waals surface area contributed by atoms with Crippen LogP contribution in [0.25, 0.3) is 28.4 Å². The van der Waals surface area contributed by atoms with Crippen LogP contribution in [0.3, 0.4) is 0 Å². The zero-order chi connectivity index (χ0) is 17.1. The summed E-state index contributed by atoms with van der Waals surface area (Å²) in [5.41, 5.74) is 9.65. The van der Waals surface area contributed by atoms with Gasteiger partial charge in [0.25, 0.3) is 0 Å². The van der Waals surface area contributed by atoms with Crippen LogP contribution in [0, 0.1) is 0 Å². The highest BCUT2D eigenvalue weighted by atomic mass is 32.1. The number of hydrogen-bond donors (Lipinski definition) is 2. The fraction of sp³-hybridized carbons (Fsp3) is 0.0556. The average Bonchev–Trinajstić information content (AvgIpc) is 2.91. The molecule has 2 heterocycles. The van der Waals surface area contributed by atoms with Crippen LogP contribution < -0.4 is 20.8 Å². The predicted molar refractivity (Wildman–Crippen MR) is 101 cm³/mol. The molecule has 3 aromatic rings. The zero-order valence-electron chi connectivity index (χ0n) is 13.1. The Morgan fingerprint density at radius 1 is 1.29 bits per heavy atom. The van der Waals surface area contributed by atoms with Crippen molar-refractivity contribution >= 4 is 57.7 Å². The van der Waals surface area contributed by atoms with E-state index in [-0.39, 0.29) is 0 Å². The van der Waals surface area contributed by atoms with Gasteiger partial charge in [-0.25, -0.2) is 9.97 Å². The highest BCUT2D eigenvalue weighted by molar-refractivity contribution is 7.17. The minimum atomic E-state index is 0.480. The van der Waals surface area contributed by atoms with Gasteiger partial charge in [-0.1, -0.05) is 30.9 Å². The Labute approximate surface area is 142 Å². The Bertz CT molecular complexity index is 1040. The number of benzene rings is 1. The standard InChI is InChI=1S/C18H16N4OS/c1-11(13-4-6-14(7-5-13)22-10-23)3-8-15-12(2)24-17-16(15)20-9-21-18(17)19/h3-10H,2H2,1H3,(H,22,23)(H2,19,20,21). The third kappa shape index (κ3) is 3.04. The van der Waals surface area contributed by atoms with Crippen molar-refractivity contribution in [1.29, 1.82) is 0 Å². The summed E-state index contributed by atoms with van der Waals surface area (Å²) in [5.74, 6) is 0.480. The van der Waals surface area contributed by atoms with Gasteiger partial charge in [-0.05, 0) is 30.2 Å². The molecule has 6 heteroatoms. The van der Waals surface area contributed by atoms with Gasteiger partial charge in [-0.3, -0.25) is 4.79 Å². The fourth-order valence-corrected chi connectivity index (χ4v) is 3.30. The first-order valence-corrected chi connectivity index (χ1v) is 8.09. The Morgan fingerprint density at radius 2 is 2.04 bits per heavy atom. The van der Waals surface area contributed by atoms with Gasteiger partial charge in [0.15, 0.2) is 0 Å². The van der Waals surface area contributed by atoms with E-state index in [0.29, 0.717) is 12.2 Å². The van der Waals surface area contributed by atoms with E-state index in [1.54, 1.807) is 0 Å². The van der Waals surface area contributed by atoms with Crippen LogP contribution in [-0.2, 0) is 4.79 Å². The minimum Gasteiger partial charge on any atom is -0.382 e. The van der Waals surface area contributed by atoms with Crippen molar-refractivity contribution in [1.82, 2.24) is 9.97 Å². The van der Waals surface area contributed by atoms with Crippen molar-refractivity contribution < 1.29 is 4.79 Å². The van der Waals surface area contributed by atoms with Gasteiger partial charge in [0.1, 0.15) is 12.1 Å². The number of thiophene rings is 1. The molecule has 0 aliphatic rings. The van der Waals surface area contributed by atoms with Crippen LogP contribution in [0.15, 0.2) is 36.7 Å². The van der Waals surface area contributed by atoms with E-state index in [0.717, 1.165) is 36.8 Å². The van der Waals surface area contributed by atoms with Crippen LogP contribution >= 0.6 is 11.3 Å². The van der Waals surface area contributed by atoms with Gasteiger partial charge in [0.2, 0.25) is 6.41 Å². The molecule has 1 amide bonds. The molecular formula is C18H16N4OS. The second kappa shape index (κ2) is 6.64. The molecule has 2 aromatic heterocycles. The summed E-state index contributed by atoms with van der Waals surface area (Å²) in [5, 5.41) is 3.58. The average molecular weight is 336 g/mol. The highest BCUT2D eigenvalue weighted by Crippen LogP contribution is 2.18. The number of nitrogens with zero attached hydrogens (tertiary/aromatic N) is 2. The molecule has 3 N–H and O–H groups in total. The lowest BCUT2D eigenvalue weighted by molar-refractivity contribution is -0.105. The number of nitrogens with one attached hydrogen (secondary N) is 1. The van der Waals surface area contributed by atoms with Crippen LogP contribution in [0.1, 0.15) is 12.5 Å². The summed E-state index contributed by atoms with van der Waals surface area (Å²) < 4.78 is 1.77. The maximum absolute atomic E-state index is 10.4. The second-order valence-electron chi connectivity index (χ2n) is 5.23. The lowest BCUT2D eigenvalue weighted by Gasteiger charge is -2.02. The highest BCUT2D eigenvalue weighted by Gasteiger charge is 2.05. The number of hydrogen-bond acceptors (Lipinski definition) is 5. The van der Waals surface area contributed by atoms with Crippen molar-refractivity contribution in [3.8, 4) is 0 Å². The molecule has 5 nitrogen and oxygen atoms in total. The molecule has 0 saturated carbocycles. The third-order valence-electron chi connectivity index (χ3n) is 3.68. The number of anilines is 2. The molecule has 3 rings (SSSR count). The van der Waals surface area contributed by atoms with Crippen LogP contribution in [0.4, 0.5) is 11.5 Å². The molecule has 0 aliphatic heterocycles. The summed E-state index contributed by atoms with van der Waals surface area (Å²) in [6.07, 6.45) is 6.16. The molecule has 0 unspecified atom stereocenters. The molecular weight excluding hydrogens is 320 g/mol. The van der Waals surface area contributed by atoms with E-state index < -0.39 is 0 Å². The molecule has 0 radical (unpaired) electrons. The van der Waals surface area contributed by atoms with Crippen molar-refractivity contribution in [2.45, 2.75) is 6.92 Å². The molecule has 0 saturated heterocycles. The quantitative estimate of drug-likeness (QED) is 0.715. The first-order chi connectivity index (χ1) is 11.6. The van der Waals surface area contributed by atoms with E-state index >= 15 is 0 Å². The van der Waals surface area contributed by atoms with Gasteiger partial charge in [-0.2, -0.15) is 0 Å². The van der Waals surface area contributed by atoms with Crippen molar-refractivity contribution in [3.63, 3.8) is 0 Å². The number of fused-ring (bicyclic) bond motifs is 1. The van der Waals surface area contributed by atoms with Gasteiger partial charge in [-0.15, -0.1) is 11.3 Å². The summed E-state index contributed by atoms with van der Waals surface area (Å²) >= 11 is 1.50. The number of nitrogens with two attached hydrogens (primary N) is 1. The van der Waals surface area contributed by atoms with E-state index in [1.807, 2.05) is 43.3 Å². The fourth-order valence-electron chi connectivity index (χ4n) is 2.36. The topological polar surface area (TPSA) is 80.9 Å². The summed E-state index contributed by atoms with van der Waals surface area (Å²) in [6, 6.07) is 7.65. The van der Waals surface area contributed by atoms with E-state index in [1.165, 1.54) is 17.7 Å². The number of nitrogen functional groups attached to an aromatic ring is 1. The van der Waals surface area contributed by atoms with E-state index in [2.05, 4.69) is 21.9 Å². The van der Waals surface area contributed by atoms with Crippen molar-refractivity contribution in [3.05, 3.63) is 52.0 Å². The summed E-state index contributed by atoms with van der Waals surface area (Å²) in [4.78, 5) is 18.8. The van der Waals surface area contributed by atoms with Gasteiger partial charge >= 0.3 is 0 Å². The Hall–Kier alpha value is -2.99. The molecule has 0 bridgehead atoms. The molecule has 120 valence electrons. The van der Waals surface area contributed by atoms with E-state index in [4.69, 9.17) is 5.73 Å². The third-order valence-corrected chi connectivity index (χ3v) is 4.75. The van der Waals surface area contributed by atoms with E-state index in [9.17, 15) is 4.79 Å². The first-order valence-electron chi connectivity index (χ1n) is 7.27. The molecule has 0 atom stereocenters. The predicted octanol–water partition coefficient (Wildman–Crippen LogP) is 2.14. The number of carbonyl (C=O) groups excluding carboxylic acids is 1. The van der Waals surface area contributed by atoms with Crippen LogP contribution in [-0.4, -0.2) is 16.4 Å². The lowest BCUT2D eigenvalue weighted by Crippen LogP contribution is -2.16.